The first-order valence-corrected chi connectivity index (χ1v) is 5.80. The van der Waals surface area contributed by atoms with Crippen LogP contribution in [0, 0.1) is 0 Å². The highest BCUT2D eigenvalue weighted by atomic mass is 16.5. The Morgan fingerprint density at radius 2 is 1.83 bits per heavy atom. The molecule has 0 spiro atoms. The lowest BCUT2D eigenvalue weighted by molar-refractivity contribution is -0.128. The number of carbonyl (C=O) groups is 1. The predicted octanol–water partition coefficient (Wildman–Crippen LogP) is 3.88. The fraction of sp³-hybridized carbons (Fsp3) is 0.0625. The lowest BCUT2D eigenvalue weighted by Crippen LogP contribution is -2.03. The van der Waals surface area contributed by atoms with E-state index in [0.29, 0.717) is 5.75 Å². The largest absolute Gasteiger partial charge is 0.423 e. The van der Waals surface area contributed by atoms with Crippen molar-refractivity contribution in [2.24, 2.45) is 0 Å². The highest BCUT2D eigenvalue weighted by molar-refractivity contribution is 5.92. The van der Waals surface area contributed by atoms with Gasteiger partial charge in [-0.3, -0.25) is 0 Å². The lowest BCUT2D eigenvalue weighted by Gasteiger charge is -2.05. The number of hydrogen-bond donors (Lipinski definition) is 0. The number of allylic oxidation sites excluding steroid dienone is 3. The van der Waals surface area contributed by atoms with E-state index in [4.69, 9.17) is 4.74 Å². The fourth-order valence-corrected chi connectivity index (χ4v) is 1.67. The van der Waals surface area contributed by atoms with Gasteiger partial charge in [0.1, 0.15) is 5.75 Å². The van der Waals surface area contributed by atoms with Crippen LogP contribution in [0.4, 0.5) is 0 Å². The van der Waals surface area contributed by atoms with Crippen molar-refractivity contribution in [1.29, 1.82) is 0 Å². The zero-order valence-corrected chi connectivity index (χ0v) is 10.2. The summed E-state index contributed by atoms with van der Waals surface area (Å²) in [6.07, 6.45) is 6.70. The number of carbonyl (C=O) groups excluding carboxylic acids is 1. The van der Waals surface area contributed by atoms with Gasteiger partial charge in [-0.2, -0.15) is 0 Å². The summed E-state index contributed by atoms with van der Waals surface area (Å²) in [4.78, 5) is 11.6. The molecule has 0 heterocycles. The summed E-state index contributed by atoms with van der Waals surface area (Å²) in [5.41, 5.74) is 0. The second-order valence-corrected chi connectivity index (χ2v) is 3.78. The van der Waals surface area contributed by atoms with E-state index in [1.54, 1.807) is 18.2 Å². The number of fused-ring (bicyclic) bond motifs is 1. The van der Waals surface area contributed by atoms with Gasteiger partial charge in [-0.25, -0.2) is 4.79 Å². The molecule has 0 aliphatic rings. The number of esters is 1. The van der Waals surface area contributed by atoms with Crippen molar-refractivity contribution in [3.8, 4) is 5.75 Å². The van der Waals surface area contributed by atoms with Gasteiger partial charge in [0.05, 0.1) is 0 Å². The molecule has 2 aromatic carbocycles. The number of rotatable bonds is 3. The Morgan fingerprint density at radius 3 is 2.67 bits per heavy atom. The Labute approximate surface area is 106 Å². The van der Waals surface area contributed by atoms with E-state index in [2.05, 4.69) is 0 Å². The topological polar surface area (TPSA) is 26.3 Å². The van der Waals surface area contributed by atoms with E-state index >= 15 is 0 Å². The molecule has 0 amide bonds. The third-order valence-electron chi connectivity index (χ3n) is 2.50. The van der Waals surface area contributed by atoms with Gasteiger partial charge in [-0.1, -0.05) is 54.6 Å². The van der Waals surface area contributed by atoms with Crippen LogP contribution in [0.1, 0.15) is 6.92 Å². The van der Waals surface area contributed by atoms with E-state index < -0.39 is 0 Å². The van der Waals surface area contributed by atoms with Crippen LogP contribution in [0.5, 0.6) is 5.75 Å². The van der Waals surface area contributed by atoms with Gasteiger partial charge < -0.3 is 4.74 Å². The van der Waals surface area contributed by atoms with Gasteiger partial charge in [-0.15, -0.1) is 0 Å². The maximum Gasteiger partial charge on any atom is 0.336 e. The average molecular weight is 238 g/mol. The smallest absolute Gasteiger partial charge is 0.336 e. The molecule has 0 fully saturated rings. The summed E-state index contributed by atoms with van der Waals surface area (Å²) >= 11 is 0. The molecule has 2 nitrogen and oxygen atoms in total. The third kappa shape index (κ3) is 2.86. The van der Waals surface area contributed by atoms with Crippen LogP contribution >= 0.6 is 0 Å². The van der Waals surface area contributed by atoms with Crippen LogP contribution in [0.3, 0.4) is 0 Å². The summed E-state index contributed by atoms with van der Waals surface area (Å²) in [5.74, 6) is 0.215. The van der Waals surface area contributed by atoms with Crippen LogP contribution in [0.25, 0.3) is 10.8 Å². The Bertz CT molecular complexity index is 604. The maximum absolute atomic E-state index is 11.6. The Kier molecular flexibility index (Phi) is 3.92. The normalized spacial score (nSPS) is 11.4. The number of hydrogen-bond acceptors (Lipinski definition) is 2. The van der Waals surface area contributed by atoms with Gasteiger partial charge in [0, 0.05) is 11.5 Å². The standard InChI is InChI=1S/C16H14O2/c1-2-3-4-12-16(17)18-15-11-7-9-13-8-5-6-10-14(13)15/h2-12H,1H3/b3-2+,12-4+. The fourth-order valence-electron chi connectivity index (χ4n) is 1.67. The van der Waals surface area contributed by atoms with Gasteiger partial charge in [0.2, 0.25) is 0 Å². The van der Waals surface area contributed by atoms with E-state index in [1.165, 1.54) is 6.08 Å². The van der Waals surface area contributed by atoms with E-state index in [1.807, 2.05) is 49.4 Å². The van der Waals surface area contributed by atoms with Crippen LogP contribution in [0.2, 0.25) is 0 Å². The quantitative estimate of drug-likeness (QED) is 0.351. The molecule has 0 atom stereocenters. The molecule has 0 aromatic heterocycles. The molecule has 0 N–H and O–H groups in total. The lowest BCUT2D eigenvalue weighted by atomic mass is 10.1. The van der Waals surface area contributed by atoms with Crippen molar-refractivity contribution >= 4 is 16.7 Å². The van der Waals surface area contributed by atoms with Crippen molar-refractivity contribution < 1.29 is 9.53 Å². The molecule has 18 heavy (non-hydrogen) atoms. The first-order valence-electron chi connectivity index (χ1n) is 5.80. The van der Waals surface area contributed by atoms with Gasteiger partial charge in [-0.05, 0) is 18.4 Å². The summed E-state index contributed by atoms with van der Waals surface area (Å²) in [5, 5.41) is 1.99. The minimum absolute atomic E-state index is 0.371. The van der Waals surface area contributed by atoms with Crippen molar-refractivity contribution in [2.75, 3.05) is 0 Å². The highest BCUT2D eigenvalue weighted by Crippen LogP contribution is 2.25. The molecule has 0 saturated heterocycles. The minimum Gasteiger partial charge on any atom is -0.423 e. The molecule has 0 radical (unpaired) electrons. The average Bonchev–Trinajstić information content (AvgIpc) is 2.39. The molecule has 90 valence electrons. The number of ether oxygens (including phenoxy) is 1. The monoisotopic (exact) mass is 238 g/mol. The van der Waals surface area contributed by atoms with E-state index in [9.17, 15) is 4.79 Å². The zero-order chi connectivity index (χ0) is 12.8. The number of benzene rings is 2. The zero-order valence-electron chi connectivity index (χ0n) is 10.2. The third-order valence-corrected chi connectivity index (χ3v) is 2.50. The summed E-state index contributed by atoms with van der Waals surface area (Å²) in [6, 6.07) is 13.5. The molecule has 0 bridgehead atoms. The predicted molar refractivity (Wildman–Crippen MR) is 73.5 cm³/mol. The summed E-state index contributed by atoms with van der Waals surface area (Å²) in [6.45, 7) is 1.89. The minimum atomic E-state index is -0.371. The molecule has 2 rings (SSSR count). The molecule has 0 unspecified atom stereocenters. The molecule has 0 aliphatic carbocycles. The summed E-state index contributed by atoms with van der Waals surface area (Å²) < 4.78 is 5.31. The van der Waals surface area contributed by atoms with Gasteiger partial charge in [0.15, 0.2) is 0 Å². The van der Waals surface area contributed by atoms with Gasteiger partial charge in [0.25, 0.3) is 0 Å². The molecular formula is C16H14O2. The van der Waals surface area contributed by atoms with Gasteiger partial charge >= 0.3 is 5.97 Å². The Hall–Kier alpha value is -2.35. The second kappa shape index (κ2) is 5.82. The van der Waals surface area contributed by atoms with Crippen LogP contribution in [-0.4, -0.2) is 5.97 Å². The van der Waals surface area contributed by atoms with Crippen molar-refractivity contribution in [3.05, 3.63) is 66.8 Å². The van der Waals surface area contributed by atoms with Crippen molar-refractivity contribution in [3.63, 3.8) is 0 Å². The maximum atomic E-state index is 11.6. The first-order chi connectivity index (χ1) is 8.81. The van der Waals surface area contributed by atoms with Crippen molar-refractivity contribution in [2.45, 2.75) is 6.92 Å². The highest BCUT2D eigenvalue weighted by Gasteiger charge is 2.04. The molecule has 0 saturated carbocycles. The van der Waals surface area contributed by atoms with E-state index in [0.717, 1.165) is 10.8 Å². The van der Waals surface area contributed by atoms with Crippen LogP contribution < -0.4 is 4.74 Å². The van der Waals surface area contributed by atoms with Crippen LogP contribution in [-0.2, 0) is 4.79 Å². The summed E-state index contributed by atoms with van der Waals surface area (Å²) in [7, 11) is 0. The Morgan fingerprint density at radius 1 is 1.06 bits per heavy atom. The first kappa shape index (κ1) is 12.1. The molecule has 0 aliphatic heterocycles. The second-order valence-electron chi connectivity index (χ2n) is 3.78. The molecular weight excluding hydrogens is 224 g/mol. The van der Waals surface area contributed by atoms with E-state index in [-0.39, 0.29) is 5.97 Å². The van der Waals surface area contributed by atoms with Crippen molar-refractivity contribution in [1.82, 2.24) is 0 Å². The SMILES string of the molecule is C/C=C/C=C/C(=O)Oc1cccc2ccccc12. The molecule has 2 heteroatoms. The Balaban J connectivity index is 2.24. The van der Waals surface area contributed by atoms with Crippen LogP contribution in [0.15, 0.2) is 66.8 Å². The molecule has 2 aromatic rings.